The summed E-state index contributed by atoms with van der Waals surface area (Å²) in [6, 6.07) is 21.6. The number of H-pyrrole nitrogens is 1. The topological polar surface area (TPSA) is 92.0 Å². The van der Waals surface area contributed by atoms with Crippen LogP contribution < -0.4 is 0 Å². The molecule has 0 saturated carbocycles. The normalized spacial score (nSPS) is 11.5. The molecule has 0 atom stereocenters. The largest absolute Gasteiger partial charge is 0.504 e. The van der Waals surface area contributed by atoms with Crippen LogP contribution in [0.5, 0.6) is 0 Å². The highest BCUT2D eigenvalue weighted by molar-refractivity contribution is 6.06. The molecule has 29 heavy (non-hydrogen) atoms. The summed E-state index contributed by atoms with van der Waals surface area (Å²) in [6.07, 6.45) is 3.94. The van der Waals surface area contributed by atoms with Crippen molar-refractivity contribution in [2.45, 2.75) is 12.8 Å². The van der Waals surface area contributed by atoms with Crippen molar-refractivity contribution in [3.63, 3.8) is 0 Å². The standard InChI is InChI=1S/C23H19N3O3/c27-19(14-20(28)23-24-15-25-26-23)21-13-18(12-11-16-7-3-1-4-8-16)22(29-21)17-9-5-2-6-10-17/h1-10,13-15,28H,11-12H2,(H,24,25,26). The number of benzene rings is 2. The second-order valence-electron chi connectivity index (χ2n) is 6.53. The number of aromatic amines is 1. The van der Waals surface area contributed by atoms with Crippen LogP contribution in [0, 0.1) is 0 Å². The molecule has 4 rings (SSSR count). The van der Waals surface area contributed by atoms with Crippen molar-refractivity contribution in [3.05, 3.63) is 102 Å². The number of hydrogen-bond acceptors (Lipinski definition) is 5. The molecule has 2 N–H and O–H groups in total. The van der Waals surface area contributed by atoms with Crippen molar-refractivity contribution in [2.24, 2.45) is 0 Å². The highest BCUT2D eigenvalue weighted by Gasteiger charge is 2.18. The lowest BCUT2D eigenvalue weighted by Gasteiger charge is -2.03. The maximum atomic E-state index is 12.6. The Balaban J connectivity index is 1.64. The smallest absolute Gasteiger partial charge is 0.224 e. The zero-order valence-corrected chi connectivity index (χ0v) is 15.6. The SMILES string of the molecule is O=C(C=C(O)c1nc[nH]n1)c1cc(CCc2ccccc2)c(-c2ccccc2)o1. The Hall–Kier alpha value is -3.93. The Morgan fingerprint density at radius 3 is 2.45 bits per heavy atom. The number of nitrogens with zero attached hydrogens (tertiary/aromatic N) is 2. The minimum absolute atomic E-state index is 0.0532. The first-order valence-corrected chi connectivity index (χ1v) is 9.24. The molecular weight excluding hydrogens is 366 g/mol. The molecule has 2 aromatic heterocycles. The van der Waals surface area contributed by atoms with Gasteiger partial charge >= 0.3 is 0 Å². The van der Waals surface area contributed by atoms with Crippen LogP contribution in [-0.4, -0.2) is 26.1 Å². The molecule has 4 aromatic rings. The number of rotatable bonds is 7. The fourth-order valence-corrected chi connectivity index (χ4v) is 3.09. The molecule has 0 aliphatic heterocycles. The first-order valence-electron chi connectivity index (χ1n) is 9.24. The van der Waals surface area contributed by atoms with Crippen LogP contribution in [-0.2, 0) is 12.8 Å². The fraction of sp³-hybridized carbons (Fsp3) is 0.0870. The van der Waals surface area contributed by atoms with Gasteiger partial charge in [-0.25, -0.2) is 4.98 Å². The first-order chi connectivity index (χ1) is 14.2. The van der Waals surface area contributed by atoms with Gasteiger partial charge < -0.3 is 9.52 Å². The Kier molecular flexibility index (Phi) is 5.33. The summed E-state index contributed by atoms with van der Waals surface area (Å²) in [7, 11) is 0. The van der Waals surface area contributed by atoms with Crippen molar-refractivity contribution in [2.75, 3.05) is 0 Å². The minimum atomic E-state index is -0.449. The number of nitrogens with one attached hydrogen (secondary N) is 1. The second-order valence-corrected chi connectivity index (χ2v) is 6.53. The van der Waals surface area contributed by atoms with Crippen molar-refractivity contribution < 1.29 is 14.3 Å². The Bertz CT molecular complexity index is 1110. The van der Waals surface area contributed by atoms with E-state index in [4.69, 9.17) is 4.42 Å². The van der Waals surface area contributed by atoms with E-state index in [1.807, 2.05) is 48.5 Å². The van der Waals surface area contributed by atoms with E-state index in [0.29, 0.717) is 5.76 Å². The minimum Gasteiger partial charge on any atom is -0.504 e. The monoisotopic (exact) mass is 385 g/mol. The summed E-state index contributed by atoms with van der Waals surface area (Å²) in [4.78, 5) is 16.5. The predicted octanol–water partition coefficient (Wildman–Crippen LogP) is 4.63. The highest BCUT2D eigenvalue weighted by atomic mass is 16.3. The average Bonchev–Trinajstić information content (AvgIpc) is 3.44. The van der Waals surface area contributed by atoms with Gasteiger partial charge in [0.25, 0.3) is 0 Å². The van der Waals surface area contributed by atoms with E-state index >= 15 is 0 Å². The Morgan fingerprint density at radius 1 is 1.03 bits per heavy atom. The molecule has 0 radical (unpaired) electrons. The Morgan fingerprint density at radius 2 is 1.76 bits per heavy atom. The van der Waals surface area contributed by atoms with E-state index in [9.17, 15) is 9.90 Å². The van der Waals surface area contributed by atoms with Crippen LogP contribution in [0.25, 0.3) is 17.1 Å². The number of hydrogen-bond donors (Lipinski definition) is 2. The lowest BCUT2D eigenvalue weighted by atomic mass is 10.0. The van der Waals surface area contributed by atoms with Gasteiger partial charge in [0.2, 0.25) is 11.6 Å². The molecule has 0 saturated heterocycles. The molecule has 6 nitrogen and oxygen atoms in total. The number of aliphatic hydroxyl groups is 1. The van der Waals surface area contributed by atoms with Crippen LogP contribution in [0.4, 0.5) is 0 Å². The van der Waals surface area contributed by atoms with Gasteiger partial charge in [0.1, 0.15) is 12.1 Å². The first kappa shape index (κ1) is 18.4. The summed E-state index contributed by atoms with van der Waals surface area (Å²) in [6.45, 7) is 0. The van der Waals surface area contributed by atoms with Crippen LogP contribution in [0.15, 0.2) is 83.6 Å². The number of aryl methyl sites for hydroxylation is 2. The van der Waals surface area contributed by atoms with Crippen LogP contribution >= 0.6 is 0 Å². The summed E-state index contributed by atoms with van der Waals surface area (Å²) in [5.74, 6) is 0.109. The summed E-state index contributed by atoms with van der Waals surface area (Å²) in [5, 5.41) is 16.3. The molecule has 144 valence electrons. The maximum Gasteiger partial charge on any atom is 0.224 e. The molecule has 0 unspecified atom stereocenters. The summed E-state index contributed by atoms with van der Waals surface area (Å²) in [5.41, 5.74) is 3.05. The van der Waals surface area contributed by atoms with Gasteiger partial charge in [-0.1, -0.05) is 60.7 Å². The third-order valence-corrected chi connectivity index (χ3v) is 4.53. The summed E-state index contributed by atoms with van der Waals surface area (Å²) >= 11 is 0. The van der Waals surface area contributed by atoms with Gasteiger partial charge in [-0.15, -0.1) is 0 Å². The van der Waals surface area contributed by atoms with Crippen molar-refractivity contribution in [1.29, 1.82) is 0 Å². The number of ketones is 1. The van der Waals surface area contributed by atoms with Crippen LogP contribution in [0.2, 0.25) is 0 Å². The number of aliphatic hydroxyl groups excluding tert-OH is 1. The molecule has 0 bridgehead atoms. The van der Waals surface area contributed by atoms with Gasteiger partial charge in [0.05, 0.1) is 0 Å². The van der Waals surface area contributed by atoms with Gasteiger partial charge in [-0.2, -0.15) is 5.10 Å². The molecule has 2 heterocycles. The molecular formula is C23H19N3O3. The zero-order valence-electron chi connectivity index (χ0n) is 15.6. The van der Waals surface area contributed by atoms with Crippen LogP contribution in [0.3, 0.4) is 0 Å². The highest BCUT2D eigenvalue weighted by Crippen LogP contribution is 2.29. The maximum absolute atomic E-state index is 12.6. The predicted molar refractivity (Wildman–Crippen MR) is 109 cm³/mol. The van der Waals surface area contributed by atoms with E-state index in [1.165, 1.54) is 11.9 Å². The molecule has 2 aromatic carbocycles. The van der Waals surface area contributed by atoms with Gasteiger partial charge in [0, 0.05) is 11.6 Å². The molecule has 6 heteroatoms. The molecule has 0 fully saturated rings. The van der Waals surface area contributed by atoms with E-state index in [1.54, 1.807) is 6.07 Å². The molecule has 0 spiro atoms. The number of carbonyl (C=O) groups excluding carboxylic acids is 1. The molecule has 0 amide bonds. The molecule has 0 aliphatic rings. The number of allylic oxidation sites excluding steroid dienone is 1. The lowest BCUT2D eigenvalue weighted by molar-refractivity contribution is 0.102. The van der Waals surface area contributed by atoms with E-state index < -0.39 is 5.78 Å². The second kappa shape index (κ2) is 8.39. The zero-order chi connectivity index (χ0) is 20.1. The fourth-order valence-electron chi connectivity index (χ4n) is 3.09. The van der Waals surface area contributed by atoms with Crippen LogP contribution in [0.1, 0.15) is 27.5 Å². The van der Waals surface area contributed by atoms with E-state index in [2.05, 4.69) is 27.3 Å². The Labute approximate surface area is 167 Å². The van der Waals surface area contributed by atoms with Gasteiger partial charge in [0.15, 0.2) is 11.5 Å². The van der Waals surface area contributed by atoms with Crippen molar-refractivity contribution in [1.82, 2.24) is 15.2 Å². The third-order valence-electron chi connectivity index (χ3n) is 4.53. The quantitative estimate of drug-likeness (QED) is 0.275. The van der Waals surface area contributed by atoms with E-state index in [-0.39, 0.29) is 17.3 Å². The number of aromatic nitrogens is 3. The third kappa shape index (κ3) is 4.32. The van der Waals surface area contributed by atoms with Gasteiger partial charge in [-0.3, -0.25) is 9.89 Å². The van der Waals surface area contributed by atoms with Crippen molar-refractivity contribution in [3.8, 4) is 11.3 Å². The number of furan rings is 1. The number of carbonyl (C=O) groups is 1. The average molecular weight is 385 g/mol. The van der Waals surface area contributed by atoms with E-state index in [0.717, 1.165) is 30.0 Å². The lowest BCUT2D eigenvalue weighted by Crippen LogP contribution is -1.96. The van der Waals surface area contributed by atoms with Gasteiger partial charge in [-0.05, 0) is 30.0 Å². The summed E-state index contributed by atoms with van der Waals surface area (Å²) < 4.78 is 5.92. The molecule has 0 aliphatic carbocycles. The van der Waals surface area contributed by atoms with Crippen molar-refractivity contribution >= 4 is 11.5 Å².